The first-order chi connectivity index (χ1) is 7.74. The van der Waals surface area contributed by atoms with Crippen LogP contribution in [0.15, 0.2) is 0 Å². The second kappa shape index (κ2) is 6.24. The third-order valence-corrected chi connectivity index (χ3v) is 4.04. The van der Waals surface area contributed by atoms with Crippen molar-refractivity contribution in [2.45, 2.75) is 52.9 Å². The van der Waals surface area contributed by atoms with Crippen LogP contribution in [0.2, 0.25) is 0 Å². The molecule has 4 nitrogen and oxygen atoms in total. The number of carboxylic acids is 2. The molecule has 0 saturated heterocycles. The van der Waals surface area contributed by atoms with Crippen LogP contribution < -0.4 is 10.2 Å². The van der Waals surface area contributed by atoms with Crippen LogP contribution >= 0.6 is 0 Å². The molecule has 5 heteroatoms. The van der Waals surface area contributed by atoms with Gasteiger partial charge in [-0.1, -0.05) is 40.0 Å². The molecule has 0 unspecified atom stereocenters. The topological polar surface area (TPSA) is 80.3 Å². The van der Waals surface area contributed by atoms with Crippen molar-refractivity contribution in [1.82, 2.24) is 0 Å². The zero-order valence-electron chi connectivity index (χ0n) is 11.5. The molecular weight excluding hydrogens is 244 g/mol. The molecule has 1 saturated carbocycles. The van der Waals surface area contributed by atoms with Crippen LogP contribution in [0.25, 0.3) is 0 Å². The molecule has 0 aromatic rings. The first-order valence-electron chi connectivity index (χ1n) is 6.17. The monoisotopic (exact) mass is 264 g/mol. The summed E-state index contributed by atoms with van der Waals surface area (Å²) in [7, 11) is 0. The minimum absolute atomic E-state index is 0. The van der Waals surface area contributed by atoms with Crippen molar-refractivity contribution in [3.63, 3.8) is 0 Å². The van der Waals surface area contributed by atoms with Crippen LogP contribution in [0.4, 0.5) is 0 Å². The number of carbonyl (C=O) groups excluding carboxylic acids is 2. The van der Waals surface area contributed by atoms with Gasteiger partial charge in [0.25, 0.3) is 0 Å². The molecule has 18 heavy (non-hydrogen) atoms. The molecule has 0 N–H and O–H groups in total. The summed E-state index contributed by atoms with van der Waals surface area (Å²) in [5, 5.41) is 23.0. The van der Waals surface area contributed by atoms with Crippen molar-refractivity contribution in [2.75, 3.05) is 0 Å². The molecule has 0 bridgehead atoms. The molecule has 0 radical (unpaired) electrons. The van der Waals surface area contributed by atoms with E-state index in [-0.39, 0.29) is 29.0 Å². The van der Waals surface area contributed by atoms with Gasteiger partial charge in [-0.25, -0.2) is 0 Å². The van der Waals surface area contributed by atoms with Gasteiger partial charge >= 0.3 is 23.1 Å². The van der Waals surface area contributed by atoms with E-state index in [4.69, 9.17) is 0 Å². The average molecular weight is 265 g/mol. The van der Waals surface area contributed by atoms with Crippen molar-refractivity contribution in [3.05, 3.63) is 0 Å². The summed E-state index contributed by atoms with van der Waals surface area (Å²) >= 11 is 0. The molecule has 0 heterocycles. The van der Waals surface area contributed by atoms with Gasteiger partial charge in [0.15, 0.2) is 0 Å². The molecule has 0 aliphatic heterocycles. The van der Waals surface area contributed by atoms with Crippen molar-refractivity contribution < 1.29 is 19.8 Å². The zero-order valence-corrected chi connectivity index (χ0v) is 12.9. The van der Waals surface area contributed by atoms with Crippen molar-refractivity contribution >= 4 is 35.0 Å². The van der Waals surface area contributed by atoms with Crippen molar-refractivity contribution in [1.29, 1.82) is 0 Å². The van der Waals surface area contributed by atoms with Gasteiger partial charge < -0.3 is 19.8 Å². The summed E-state index contributed by atoms with van der Waals surface area (Å²) in [5.74, 6) is -3.39. The van der Waals surface area contributed by atoms with E-state index in [0.29, 0.717) is 12.8 Å². The quantitative estimate of drug-likeness (QED) is 0.519. The summed E-state index contributed by atoms with van der Waals surface area (Å²) in [6, 6.07) is 0. The Morgan fingerprint density at radius 3 is 1.61 bits per heavy atom. The molecule has 1 fully saturated rings. The molecule has 0 spiro atoms. The molecule has 98 valence electrons. The summed E-state index contributed by atoms with van der Waals surface area (Å²) in [4.78, 5) is 23.0. The first-order valence-corrected chi connectivity index (χ1v) is 6.17. The molecule has 1 rings (SSSR count). The maximum Gasteiger partial charge on any atom is 2.00 e. The van der Waals surface area contributed by atoms with E-state index >= 15 is 0 Å². The van der Waals surface area contributed by atoms with Gasteiger partial charge in [0.05, 0.1) is 17.4 Å². The predicted molar refractivity (Wildman–Crippen MR) is 64.2 cm³/mol. The van der Waals surface area contributed by atoms with Gasteiger partial charge in [-0.05, 0) is 24.2 Å². The van der Waals surface area contributed by atoms with Crippen LogP contribution in [0.1, 0.15) is 52.9 Å². The maximum absolute atomic E-state index is 11.5. The number of carboxylic acid groups (broad SMARTS) is 2. The van der Waals surface area contributed by atoms with E-state index in [0.717, 1.165) is 19.3 Å². The number of hydrogen-bond acceptors (Lipinski definition) is 4. The largest absolute Gasteiger partial charge is 2.00 e. The van der Waals surface area contributed by atoms with E-state index in [1.807, 2.05) is 0 Å². The second-order valence-corrected chi connectivity index (χ2v) is 5.97. The van der Waals surface area contributed by atoms with Crippen molar-refractivity contribution in [3.8, 4) is 0 Å². The Hall–Kier alpha value is -0.294. The number of hydrogen-bond donors (Lipinski definition) is 0. The Kier molecular flexibility index (Phi) is 6.13. The van der Waals surface area contributed by atoms with Crippen LogP contribution in [0.5, 0.6) is 0 Å². The Bertz CT molecular complexity index is 299. The fourth-order valence-corrected chi connectivity index (χ4v) is 3.18. The van der Waals surface area contributed by atoms with Gasteiger partial charge in [0, 0.05) is 0 Å². The number of aliphatic carboxylic acids is 2. The Balaban J connectivity index is 0.00000289. The van der Waals surface area contributed by atoms with Crippen LogP contribution in [-0.2, 0) is 9.59 Å². The Labute approximate surface area is 124 Å². The Morgan fingerprint density at radius 2 is 1.33 bits per heavy atom. The molecule has 0 atom stereocenters. The fourth-order valence-electron chi connectivity index (χ4n) is 3.18. The molecule has 1 aliphatic carbocycles. The summed E-state index contributed by atoms with van der Waals surface area (Å²) in [6.45, 7) is 4.90. The normalized spacial score (nSPS) is 17.9. The number of carbonyl (C=O) groups is 2. The summed E-state index contributed by atoms with van der Waals surface area (Å²) in [5.41, 5.74) is -2.79. The smallest absolute Gasteiger partial charge is 0.549 e. The van der Waals surface area contributed by atoms with Gasteiger partial charge in [0.2, 0.25) is 0 Å². The second-order valence-electron chi connectivity index (χ2n) is 5.97. The standard InChI is InChI=1S/C13H22O4.Mg/c1-12(2,3)13(10(14)15,11(16)17)9-7-5-4-6-8-9;/h9H,4-8H2,1-3H3,(H,14,15)(H,16,17);/q;+2/p-2. The van der Waals surface area contributed by atoms with E-state index in [1.165, 1.54) is 0 Å². The number of rotatable bonds is 3. The predicted octanol–water partition coefficient (Wildman–Crippen LogP) is -0.282. The van der Waals surface area contributed by atoms with Gasteiger partial charge in [-0.2, -0.15) is 0 Å². The molecule has 0 aromatic heterocycles. The third kappa shape index (κ3) is 2.82. The molecule has 1 aliphatic rings. The minimum Gasteiger partial charge on any atom is -0.549 e. The average Bonchev–Trinajstić information content (AvgIpc) is 2.16. The van der Waals surface area contributed by atoms with E-state index in [9.17, 15) is 19.8 Å². The maximum atomic E-state index is 11.5. The van der Waals surface area contributed by atoms with Gasteiger partial charge in [0.1, 0.15) is 0 Å². The van der Waals surface area contributed by atoms with Crippen molar-refractivity contribution in [2.24, 2.45) is 16.7 Å². The van der Waals surface area contributed by atoms with Crippen LogP contribution in [-0.4, -0.2) is 35.0 Å². The SMILES string of the molecule is CC(C)(C)C(C(=O)[O-])(C(=O)[O-])C1CCCCC1.[Mg+2]. The Morgan fingerprint density at radius 1 is 0.944 bits per heavy atom. The zero-order chi connectivity index (χ0) is 13.3. The molecule has 0 amide bonds. The van der Waals surface area contributed by atoms with E-state index in [1.54, 1.807) is 20.8 Å². The van der Waals surface area contributed by atoms with Crippen LogP contribution in [0.3, 0.4) is 0 Å². The van der Waals surface area contributed by atoms with Gasteiger partial charge in [-0.3, -0.25) is 0 Å². The van der Waals surface area contributed by atoms with E-state index < -0.39 is 22.8 Å². The minimum atomic E-state index is -1.88. The fraction of sp³-hybridized carbons (Fsp3) is 0.846. The first kappa shape index (κ1) is 17.7. The van der Waals surface area contributed by atoms with Crippen LogP contribution in [0, 0.1) is 16.7 Å². The third-order valence-electron chi connectivity index (χ3n) is 4.04. The molecular formula is C13H20MgO4. The molecule has 0 aromatic carbocycles. The van der Waals surface area contributed by atoms with Gasteiger partial charge in [-0.15, -0.1) is 0 Å². The summed E-state index contributed by atoms with van der Waals surface area (Å²) in [6.07, 6.45) is 4.04. The van der Waals surface area contributed by atoms with E-state index in [2.05, 4.69) is 0 Å². The summed E-state index contributed by atoms with van der Waals surface area (Å²) < 4.78 is 0.